The van der Waals surface area contributed by atoms with E-state index in [0.29, 0.717) is 5.69 Å². The van der Waals surface area contributed by atoms with E-state index < -0.39 is 30.1 Å². The Morgan fingerprint density at radius 1 is 1.11 bits per heavy atom. The number of ether oxygens (including phenoxy) is 1. The van der Waals surface area contributed by atoms with E-state index in [9.17, 15) is 19.5 Å². The highest BCUT2D eigenvalue weighted by atomic mass is 16.5. The maximum absolute atomic E-state index is 13.2. The third-order valence-corrected chi connectivity index (χ3v) is 6.36. The number of aromatic amines is 1. The van der Waals surface area contributed by atoms with Crippen molar-refractivity contribution in [2.24, 2.45) is 0 Å². The van der Waals surface area contributed by atoms with Gasteiger partial charge in [0.15, 0.2) is 0 Å². The van der Waals surface area contributed by atoms with Gasteiger partial charge in [0.05, 0.1) is 6.33 Å². The summed E-state index contributed by atoms with van der Waals surface area (Å²) in [6.07, 6.45) is 2.40. The first-order valence-corrected chi connectivity index (χ1v) is 11.5. The number of nitrogens with zero attached hydrogens (tertiary/aromatic N) is 2. The average molecular weight is 477 g/mol. The lowest BCUT2D eigenvalue weighted by molar-refractivity contribution is -0.150. The molecule has 2 unspecified atom stereocenters. The van der Waals surface area contributed by atoms with E-state index in [-0.39, 0.29) is 25.5 Å². The van der Waals surface area contributed by atoms with Crippen molar-refractivity contribution in [3.8, 4) is 11.1 Å². The van der Waals surface area contributed by atoms with Crippen LogP contribution in [-0.4, -0.2) is 63.2 Å². The fourth-order valence-corrected chi connectivity index (χ4v) is 4.55. The second-order valence-corrected chi connectivity index (χ2v) is 8.44. The summed E-state index contributed by atoms with van der Waals surface area (Å²) in [4.78, 5) is 45.6. The van der Waals surface area contributed by atoms with Gasteiger partial charge >= 0.3 is 12.1 Å². The summed E-state index contributed by atoms with van der Waals surface area (Å²) < 4.78 is 5.60. The summed E-state index contributed by atoms with van der Waals surface area (Å²) in [5, 5.41) is 12.0. The minimum Gasteiger partial charge on any atom is -0.480 e. The van der Waals surface area contributed by atoms with Gasteiger partial charge < -0.3 is 25.0 Å². The summed E-state index contributed by atoms with van der Waals surface area (Å²) >= 11 is 0. The summed E-state index contributed by atoms with van der Waals surface area (Å²) in [6, 6.07) is 14.0. The monoisotopic (exact) mass is 476 g/mol. The topological polar surface area (TPSA) is 125 Å². The lowest BCUT2D eigenvalue weighted by Crippen LogP contribution is -2.54. The van der Waals surface area contributed by atoms with Crippen molar-refractivity contribution in [3.05, 3.63) is 77.9 Å². The van der Waals surface area contributed by atoms with Crippen LogP contribution in [0.1, 0.15) is 36.6 Å². The van der Waals surface area contributed by atoms with Crippen molar-refractivity contribution in [3.63, 3.8) is 0 Å². The molecule has 9 nitrogen and oxygen atoms in total. The van der Waals surface area contributed by atoms with Gasteiger partial charge in [-0.25, -0.2) is 14.6 Å². The second-order valence-electron chi connectivity index (χ2n) is 8.44. The molecule has 9 heteroatoms. The highest BCUT2D eigenvalue weighted by Gasteiger charge is 2.33. The maximum atomic E-state index is 13.2. The predicted molar refractivity (Wildman–Crippen MR) is 129 cm³/mol. The number of H-pyrrole nitrogens is 1. The lowest BCUT2D eigenvalue weighted by atomic mass is 9.98. The molecule has 0 aliphatic heterocycles. The molecule has 2 aromatic carbocycles. The smallest absolute Gasteiger partial charge is 0.407 e. The minimum absolute atomic E-state index is 0.105. The van der Waals surface area contributed by atoms with Crippen molar-refractivity contribution in [1.29, 1.82) is 0 Å². The zero-order chi connectivity index (χ0) is 24.9. The molecular formula is C26H28N4O5. The van der Waals surface area contributed by atoms with Crippen LogP contribution in [0.4, 0.5) is 4.79 Å². The van der Waals surface area contributed by atoms with Gasteiger partial charge in [0.25, 0.3) is 0 Å². The van der Waals surface area contributed by atoms with Crippen LogP contribution in [-0.2, 0) is 20.7 Å². The van der Waals surface area contributed by atoms with E-state index >= 15 is 0 Å². The number of nitrogens with one attached hydrogen (secondary N) is 2. The van der Waals surface area contributed by atoms with Gasteiger partial charge in [-0.05, 0) is 36.1 Å². The number of benzene rings is 2. The van der Waals surface area contributed by atoms with E-state index in [2.05, 4.69) is 27.4 Å². The van der Waals surface area contributed by atoms with Gasteiger partial charge in [-0.3, -0.25) is 4.79 Å². The molecule has 0 radical (unpaired) electrons. The van der Waals surface area contributed by atoms with Gasteiger partial charge in [-0.2, -0.15) is 0 Å². The molecule has 1 aromatic heterocycles. The van der Waals surface area contributed by atoms with Crippen molar-refractivity contribution in [2.75, 3.05) is 13.2 Å². The van der Waals surface area contributed by atoms with E-state index in [1.54, 1.807) is 13.1 Å². The zero-order valence-electron chi connectivity index (χ0n) is 19.6. The number of imidazole rings is 1. The molecule has 1 aliphatic carbocycles. The molecule has 1 heterocycles. The van der Waals surface area contributed by atoms with Crippen molar-refractivity contribution < 1.29 is 24.2 Å². The van der Waals surface area contributed by atoms with E-state index in [0.717, 1.165) is 22.3 Å². The van der Waals surface area contributed by atoms with Crippen LogP contribution in [0.25, 0.3) is 11.1 Å². The van der Waals surface area contributed by atoms with Gasteiger partial charge in [-0.1, -0.05) is 48.5 Å². The number of amides is 2. The summed E-state index contributed by atoms with van der Waals surface area (Å²) in [5.74, 6) is -1.75. The Morgan fingerprint density at radius 3 is 2.29 bits per heavy atom. The largest absolute Gasteiger partial charge is 0.480 e. The number of fused-ring (bicyclic) bond motifs is 3. The van der Waals surface area contributed by atoms with Crippen LogP contribution in [0.15, 0.2) is 61.1 Å². The number of likely N-dealkylation sites (N-methyl/N-ethyl adjacent to an activating group) is 1. The Labute approximate surface area is 203 Å². The Hall–Kier alpha value is -4.14. The van der Waals surface area contributed by atoms with Crippen molar-refractivity contribution >= 4 is 18.0 Å². The van der Waals surface area contributed by atoms with Crippen LogP contribution in [0.3, 0.4) is 0 Å². The molecule has 0 fully saturated rings. The number of alkyl carbamates (subject to hydrolysis) is 1. The molecule has 0 saturated carbocycles. The predicted octanol–water partition coefficient (Wildman–Crippen LogP) is 3.18. The summed E-state index contributed by atoms with van der Waals surface area (Å²) in [5.41, 5.74) is 5.02. The number of carbonyl (C=O) groups excluding carboxylic acids is 2. The van der Waals surface area contributed by atoms with E-state index in [1.165, 1.54) is 18.2 Å². The quantitative estimate of drug-likeness (QED) is 0.436. The molecule has 0 saturated heterocycles. The number of aromatic nitrogens is 2. The van der Waals surface area contributed by atoms with Crippen LogP contribution >= 0.6 is 0 Å². The highest BCUT2D eigenvalue weighted by molar-refractivity contribution is 5.89. The standard InChI is InChI=1S/C26H28N4O5/c1-3-30(16(2)25(32)33)24(31)23(12-17-13-27-15-28-17)29-26(34)35-14-22-20-10-6-4-8-18(20)19-9-5-7-11-21(19)22/h4-11,13,15-16,22-23H,3,12,14H2,1-2H3,(H,27,28)(H,29,34)(H,32,33). The molecule has 4 rings (SSSR count). The molecule has 0 bridgehead atoms. The van der Waals surface area contributed by atoms with Crippen LogP contribution in [0, 0.1) is 0 Å². The van der Waals surface area contributed by atoms with Crippen LogP contribution in [0.5, 0.6) is 0 Å². The molecule has 3 N–H and O–H groups in total. The molecule has 0 spiro atoms. The first-order valence-electron chi connectivity index (χ1n) is 11.5. The van der Waals surface area contributed by atoms with E-state index in [1.807, 2.05) is 36.4 Å². The zero-order valence-corrected chi connectivity index (χ0v) is 19.6. The molecule has 2 amide bonds. The Morgan fingerprint density at radius 2 is 1.74 bits per heavy atom. The Balaban J connectivity index is 1.48. The van der Waals surface area contributed by atoms with E-state index in [4.69, 9.17) is 4.74 Å². The number of carboxylic acid groups (broad SMARTS) is 1. The molecule has 35 heavy (non-hydrogen) atoms. The normalized spacial score (nSPS) is 13.9. The molecule has 182 valence electrons. The number of rotatable bonds is 9. The Bertz CT molecular complexity index is 1160. The first-order chi connectivity index (χ1) is 16.9. The molecular weight excluding hydrogens is 448 g/mol. The lowest BCUT2D eigenvalue weighted by Gasteiger charge is -2.29. The minimum atomic E-state index is -1.12. The number of aliphatic carboxylic acids is 1. The van der Waals surface area contributed by atoms with Crippen molar-refractivity contribution in [1.82, 2.24) is 20.2 Å². The summed E-state index contributed by atoms with van der Waals surface area (Å²) in [6.45, 7) is 3.41. The average Bonchev–Trinajstić information content (AvgIpc) is 3.48. The van der Waals surface area contributed by atoms with Gasteiger partial charge in [0, 0.05) is 30.8 Å². The fourth-order valence-electron chi connectivity index (χ4n) is 4.55. The number of hydrogen-bond donors (Lipinski definition) is 3. The Kier molecular flexibility index (Phi) is 7.14. The van der Waals surface area contributed by atoms with Gasteiger partial charge in [-0.15, -0.1) is 0 Å². The van der Waals surface area contributed by atoms with Crippen molar-refractivity contribution in [2.45, 2.75) is 38.3 Å². The van der Waals surface area contributed by atoms with Crippen LogP contribution < -0.4 is 5.32 Å². The van der Waals surface area contributed by atoms with Gasteiger partial charge in [0.1, 0.15) is 18.7 Å². The molecule has 3 aromatic rings. The third-order valence-electron chi connectivity index (χ3n) is 6.36. The number of hydrogen-bond acceptors (Lipinski definition) is 5. The third kappa shape index (κ3) is 5.03. The molecule has 2 atom stereocenters. The first kappa shape index (κ1) is 24.0. The summed E-state index contributed by atoms with van der Waals surface area (Å²) in [7, 11) is 0. The number of carboxylic acids is 1. The van der Waals surface area contributed by atoms with Gasteiger partial charge in [0.2, 0.25) is 5.91 Å². The fraction of sp³-hybridized carbons (Fsp3) is 0.308. The second kappa shape index (κ2) is 10.4. The molecule has 1 aliphatic rings. The van der Waals surface area contributed by atoms with Crippen LogP contribution in [0.2, 0.25) is 0 Å². The maximum Gasteiger partial charge on any atom is 0.407 e. The number of carbonyl (C=O) groups is 3. The highest BCUT2D eigenvalue weighted by Crippen LogP contribution is 2.44. The SMILES string of the molecule is CCN(C(=O)C(Cc1cnc[nH]1)NC(=O)OCC1c2ccccc2-c2ccccc21)C(C)C(=O)O.